The molecular weight excluding hydrogens is 371 g/mol. The van der Waals surface area contributed by atoms with Crippen molar-refractivity contribution >= 4 is 13.7 Å². The van der Waals surface area contributed by atoms with Crippen LogP contribution in [0.3, 0.4) is 0 Å². The number of phosphoric acid groups is 1. The van der Waals surface area contributed by atoms with Crippen LogP contribution in [0.25, 0.3) is 0 Å². The van der Waals surface area contributed by atoms with Crippen molar-refractivity contribution in [3.8, 4) is 0 Å². The van der Waals surface area contributed by atoms with E-state index >= 15 is 0 Å². The quantitative estimate of drug-likeness (QED) is 0.205. The Bertz CT molecular complexity index is 456. The molecule has 0 heterocycles. The fraction of sp³-hybridized carbons (Fsp3) is 0.944. The molecule has 0 aliphatic rings. The molecule has 0 rings (SSSR count). The molecule has 3 atom stereocenters. The average Bonchev–Trinajstić information content (AvgIpc) is 2.55. The molecule has 9 heteroatoms. The molecule has 3 N–H and O–H groups in total. The van der Waals surface area contributed by atoms with Crippen molar-refractivity contribution in [2.75, 3.05) is 40.9 Å². The average molecular weight is 412 g/mol. The smallest absolute Gasteiger partial charge is 0.391 e. The number of phosphoric ester groups is 1. The van der Waals surface area contributed by atoms with E-state index in [9.17, 15) is 19.4 Å². The third-order valence-corrected chi connectivity index (χ3v) is 5.09. The Morgan fingerprint density at radius 2 is 1.74 bits per heavy atom. The highest BCUT2D eigenvalue weighted by molar-refractivity contribution is 7.47. The number of hydrogen-bond donors (Lipinski definition) is 3. The van der Waals surface area contributed by atoms with Gasteiger partial charge in [-0.3, -0.25) is 13.8 Å². The second-order valence-electron chi connectivity index (χ2n) is 7.95. The van der Waals surface area contributed by atoms with Gasteiger partial charge in [0.1, 0.15) is 13.2 Å². The first-order valence-electron chi connectivity index (χ1n) is 9.90. The molecule has 0 aromatic rings. The number of hydrogen-bond acceptors (Lipinski definition) is 5. The van der Waals surface area contributed by atoms with Gasteiger partial charge in [-0.05, 0) is 12.8 Å². The molecule has 0 saturated carbocycles. The lowest BCUT2D eigenvalue weighted by Gasteiger charge is -2.26. The molecule has 8 nitrogen and oxygen atoms in total. The highest BCUT2D eigenvalue weighted by atomic mass is 31.2. The molecule has 0 aliphatic heterocycles. The van der Waals surface area contributed by atoms with Gasteiger partial charge < -0.3 is 19.8 Å². The maximum atomic E-state index is 12.1. The number of quaternary nitrogens is 1. The number of likely N-dealkylation sites (N-methyl/N-ethyl adjacent to an activating group) is 1. The van der Waals surface area contributed by atoms with Gasteiger partial charge in [0.05, 0.1) is 39.9 Å². The van der Waals surface area contributed by atoms with Crippen LogP contribution >= 0.6 is 7.82 Å². The number of amides is 1. The summed E-state index contributed by atoms with van der Waals surface area (Å²) in [6.07, 6.45) is 4.45. The van der Waals surface area contributed by atoms with Gasteiger partial charge in [-0.2, -0.15) is 0 Å². The number of nitrogens with one attached hydrogen (secondary N) is 1. The maximum Gasteiger partial charge on any atom is 0.472 e. The van der Waals surface area contributed by atoms with Gasteiger partial charge in [0.25, 0.3) is 0 Å². The van der Waals surface area contributed by atoms with Gasteiger partial charge in [-0.1, -0.05) is 39.5 Å². The molecule has 0 aromatic heterocycles. The minimum atomic E-state index is -4.24. The molecule has 0 spiro atoms. The van der Waals surface area contributed by atoms with E-state index in [0.29, 0.717) is 23.9 Å². The number of unbranched alkanes of at least 4 members (excludes halogenated alkanes) is 3. The number of aliphatic hydroxyl groups excluding tert-OH is 1. The minimum absolute atomic E-state index is 0.0733. The standard InChI is InChI=1S/C18H39N2O6P/c1-6-8-10-11-17(21)16(19-18(22)12-9-7-2)15-26-27(23,24)25-14-13-20(3,4)5/h16-17,21H,6-15H2,1-5H3,(H-,19,22,23,24)/p+1. The molecule has 1 amide bonds. The number of rotatable bonds is 16. The Morgan fingerprint density at radius 1 is 1.11 bits per heavy atom. The lowest BCUT2D eigenvalue weighted by molar-refractivity contribution is -0.870. The van der Waals surface area contributed by atoms with Gasteiger partial charge in [0, 0.05) is 6.42 Å². The fourth-order valence-corrected chi connectivity index (χ4v) is 3.05. The monoisotopic (exact) mass is 411 g/mol. The highest BCUT2D eigenvalue weighted by Gasteiger charge is 2.28. The number of carbonyl (C=O) groups excluding carboxylic acids is 1. The molecule has 0 saturated heterocycles. The van der Waals surface area contributed by atoms with Crippen molar-refractivity contribution < 1.29 is 32.9 Å². The highest BCUT2D eigenvalue weighted by Crippen LogP contribution is 2.43. The van der Waals surface area contributed by atoms with Gasteiger partial charge >= 0.3 is 7.82 Å². The zero-order valence-electron chi connectivity index (χ0n) is 17.6. The first-order valence-corrected chi connectivity index (χ1v) is 11.4. The molecule has 0 fully saturated rings. The van der Waals surface area contributed by atoms with Crippen LogP contribution < -0.4 is 5.32 Å². The SMILES string of the molecule is CCCCCC(O)C(COP(=O)(O)OCC[N+](C)(C)C)NC(=O)CCCC. The van der Waals surface area contributed by atoms with Crippen LogP contribution in [0.5, 0.6) is 0 Å². The Morgan fingerprint density at radius 3 is 2.30 bits per heavy atom. The zero-order valence-corrected chi connectivity index (χ0v) is 18.5. The predicted molar refractivity (Wildman–Crippen MR) is 106 cm³/mol. The summed E-state index contributed by atoms with van der Waals surface area (Å²) in [6, 6.07) is -0.742. The maximum absolute atomic E-state index is 12.1. The molecule has 162 valence electrons. The number of nitrogens with zero attached hydrogens (tertiary/aromatic N) is 1. The van der Waals surface area contributed by atoms with Gasteiger partial charge in [0.15, 0.2) is 0 Å². The van der Waals surface area contributed by atoms with E-state index in [4.69, 9.17) is 9.05 Å². The predicted octanol–water partition coefficient (Wildman–Crippen LogP) is 2.44. The summed E-state index contributed by atoms with van der Waals surface area (Å²) >= 11 is 0. The summed E-state index contributed by atoms with van der Waals surface area (Å²) in [5.74, 6) is -0.196. The Balaban J connectivity index is 4.66. The summed E-state index contributed by atoms with van der Waals surface area (Å²) in [6.45, 7) is 4.40. The summed E-state index contributed by atoms with van der Waals surface area (Å²) in [4.78, 5) is 21.9. The normalized spacial score (nSPS) is 16.6. The molecule has 3 unspecified atom stereocenters. The Labute approximate surface area is 164 Å². The summed E-state index contributed by atoms with van der Waals surface area (Å²) < 4.78 is 22.7. The van der Waals surface area contributed by atoms with Gasteiger partial charge in [-0.15, -0.1) is 0 Å². The van der Waals surface area contributed by atoms with Crippen molar-refractivity contribution in [3.63, 3.8) is 0 Å². The number of carbonyl (C=O) groups is 1. The Hall–Kier alpha value is -0.500. The first-order chi connectivity index (χ1) is 12.5. The van der Waals surface area contributed by atoms with Crippen molar-refractivity contribution in [1.29, 1.82) is 0 Å². The van der Waals surface area contributed by atoms with E-state index in [0.717, 1.165) is 32.1 Å². The van der Waals surface area contributed by atoms with E-state index in [1.54, 1.807) is 0 Å². The molecular formula is C18H40N2O6P+. The minimum Gasteiger partial charge on any atom is -0.391 e. The van der Waals surface area contributed by atoms with Crippen molar-refractivity contribution in [3.05, 3.63) is 0 Å². The summed E-state index contributed by atoms with van der Waals surface area (Å²) in [5.41, 5.74) is 0. The zero-order chi connectivity index (χ0) is 20.9. The van der Waals surface area contributed by atoms with Crippen LogP contribution in [0.15, 0.2) is 0 Å². The second-order valence-corrected chi connectivity index (χ2v) is 9.41. The van der Waals surface area contributed by atoms with Crippen LogP contribution in [0, 0.1) is 0 Å². The molecule has 0 aliphatic carbocycles. The van der Waals surface area contributed by atoms with Crippen LogP contribution in [0.4, 0.5) is 0 Å². The lowest BCUT2D eigenvalue weighted by Crippen LogP contribution is -2.46. The lowest BCUT2D eigenvalue weighted by atomic mass is 10.0. The molecule has 0 aromatic carbocycles. The van der Waals surface area contributed by atoms with Crippen molar-refractivity contribution in [2.24, 2.45) is 0 Å². The van der Waals surface area contributed by atoms with Crippen LogP contribution in [0.1, 0.15) is 58.8 Å². The van der Waals surface area contributed by atoms with Crippen LogP contribution in [-0.4, -0.2) is 73.4 Å². The second kappa shape index (κ2) is 13.6. The van der Waals surface area contributed by atoms with Crippen LogP contribution in [-0.2, 0) is 18.4 Å². The summed E-state index contributed by atoms with van der Waals surface area (Å²) in [5, 5.41) is 13.1. The first kappa shape index (κ1) is 26.5. The van der Waals surface area contributed by atoms with Crippen molar-refractivity contribution in [1.82, 2.24) is 5.32 Å². The number of aliphatic hydroxyl groups is 1. The van der Waals surface area contributed by atoms with Crippen molar-refractivity contribution in [2.45, 2.75) is 70.9 Å². The third kappa shape index (κ3) is 15.1. The largest absolute Gasteiger partial charge is 0.472 e. The van der Waals surface area contributed by atoms with E-state index < -0.39 is 20.0 Å². The molecule has 27 heavy (non-hydrogen) atoms. The van der Waals surface area contributed by atoms with E-state index in [2.05, 4.69) is 12.2 Å². The Kier molecular flexibility index (Phi) is 13.4. The van der Waals surface area contributed by atoms with Gasteiger partial charge in [0.2, 0.25) is 5.91 Å². The van der Waals surface area contributed by atoms with E-state index in [1.807, 2.05) is 28.1 Å². The van der Waals surface area contributed by atoms with Gasteiger partial charge in [-0.25, -0.2) is 4.57 Å². The van der Waals surface area contributed by atoms with Crippen LogP contribution in [0.2, 0.25) is 0 Å². The topological polar surface area (TPSA) is 105 Å². The third-order valence-electron chi connectivity index (χ3n) is 4.11. The van der Waals surface area contributed by atoms with E-state index in [1.165, 1.54) is 0 Å². The fourth-order valence-electron chi connectivity index (χ4n) is 2.31. The summed E-state index contributed by atoms with van der Waals surface area (Å²) in [7, 11) is 1.60. The molecule has 0 radical (unpaired) electrons. The molecule has 0 bridgehead atoms. The van der Waals surface area contributed by atoms with E-state index in [-0.39, 0.29) is 19.1 Å².